The molecule has 0 saturated carbocycles. The van der Waals surface area contributed by atoms with E-state index in [9.17, 15) is 9.59 Å². The molecule has 0 atom stereocenters. The van der Waals surface area contributed by atoms with E-state index in [1.807, 2.05) is 20.8 Å². The topological polar surface area (TPSA) is 86.3 Å². The van der Waals surface area contributed by atoms with Crippen LogP contribution in [0, 0.1) is 0 Å². The molecule has 1 heterocycles. The molecule has 8 nitrogen and oxygen atoms in total. The molecular formula is C26H32N2O6. The number of amides is 2. The van der Waals surface area contributed by atoms with Gasteiger partial charge in [-0.2, -0.15) is 0 Å². The van der Waals surface area contributed by atoms with Crippen LogP contribution in [-0.2, 0) is 14.3 Å². The molecule has 0 fully saturated rings. The number of anilines is 1. The van der Waals surface area contributed by atoms with E-state index in [-0.39, 0.29) is 30.9 Å². The van der Waals surface area contributed by atoms with Crippen LogP contribution >= 0.6 is 0 Å². The number of hydrogen-bond acceptors (Lipinski definition) is 7. The maximum atomic E-state index is 13.3. The lowest BCUT2D eigenvalue weighted by Gasteiger charge is -2.16. The highest BCUT2D eigenvalue weighted by atomic mass is 16.5. The van der Waals surface area contributed by atoms with Crippen LogP contribution in [0.1, 0.15) is 32.8 Å². The third-order valence-electron chi connectivity index (χ3n) is 5.20. The second kappa shape index (κ2) is 11.6. The van der Waals surface area contributed by atoms with Crippen LogP contribution in [0.15, 0.2) is 48.2 Å². The van der Waals surface area contributed by atoms with Crippen LogP contribution in [0.5, 0.6) is 17.2 Å². The third-order valence-corrected chi connectivity index (χ3v) is 5.20. The van der Waals surface area contributed by atoms with Gasteiger partial charge in [0.1, 0.15) is 11.4 Å². The van der Waals surface area contributed by atoms with Gasteiger partial charge >= 0.3 is 0 Å². The lowest BCUT2D eigenvalue weighted by molar-refractivity contribution is -0.137. The van der Waals surface area contributed by atoms with E-state index in [0.717, 1.165) is 6.42 Å². The number of ether oxygens (including phenoxy) is 4. The smallest absolute Gasteiger partial charge is 0.278 e. The number of carbonyl (C=O) groups excluding carboxylic acids is 2. The largest absolute Gasteiger partial charge is 0.494 e. The SMILES string of the molecule is CCCOc1ccc(C2=C(Nc3ccc(OC)c(OC)c3)C(=O)N(CCOC(C)C)C2=O)cc1. The van der Waals surface area contributed by atoms with Gasteiger partial charge in [-0.3, -0.25) is 14.5 Å². The van der Waals surface area contributed by atoms with Gasteiger partial charge in [0.05, 0.1) is 45.7 Å². The van der Waals surface area contributed by atoms with Crippen LogP contribution < -0.4 is 19.5 Å². The first-order valence-corrected chi connectivity index (χ1v) is 11.3. The minimum absolute atomic E-state index is 0.000242. The summed E-state index contributed by atoms with van der Waals surface area (Å²) in [6.07, 6.45) is 0.896. The molecule has 0 spiro atoms. The molecule has 2 amide bonds. The molecule has 1 aliphatic heterocycles. The zero-order chi connectivity index (χ0) is 24.7. The monoisotopic (exact) mass is 468 g/mol. The quantitative estimate of drug-likeness (QED) is 0.469. The number of imide groups is 1. The van der Waals surface area contributed by atoms with Crippen molar-refractivity contribution in [2.45, 2.75) is 33.3 Å². The van der Waals surface area contributed by atoms with Crippen molar-refractivity contribution in [1.29, 1.82) is 0 Å². The van der Waals surface area contributed by atoms with Gasteiger partial charge in [-0.15, -0.1) is 0 Å². The van der Waals surface area contributed by atoms with Crippen molar-refractivity contribution < 1.29 is 28.5 Å². The number of rotatable bonds is 12. The number of benzene rings is 2. The Hall–Kier alpha value is -3.52. The number of carbonyl (C=O) groups is 2. The maximum absolute atomic E-state index is 13.3. The van der Waals surface area contributed by atoms with Gasteiger partial charge in [0.25, 0.3) is 11.8 Å². The van der Waals surface area contributed by atoms with Crippen LogP contribution in [0.25, 0.3) is 5.57 Å². The van der Waals surface area contributed by atoms with E-state index in [1.54, 1.807) is 49.6 Å². The molecule has 1 N–H and O–H groups in total. The Balaban J connectivity index is 1.96. The fourth-order valence-corrected chi connectivity index (χ4v) is 3.54. The first-order chi connectivity index (χ1) is 16.4. The normalized spacial score (nSPS) is 13.6. The van der Waals surface area contributed by atoms with E-state index in [1.165, 1.54) is 12.0 Å². The first-order valence-electron chi connectivity index (χ1n) is 11.3. The lowest BCUT2D eigenvalue weighted by atomic mass is 10.0. The molecule has 0 bridgehead atoms. The fourth-order valence-electron chi connectivity index (χ4n) is 3.54. The van der Waals surface area contributed by atoms with E-state index in [2.05, 4.69) is 5.32 Å². The molecule has 0 aromatic heterocycles. The van der Waals surface area contributed by atoms with E-state index in [0.29, 0.717) is 40.7 Å². The number of nitrogens with one attached hydrogen (secondary N) is 1. The summed E-state index contributed by atoms with van der Waals surface area (Å²) in [6, 6.07) is 12.4. The van der Waals surface area contributed by atoms with Gasteiger partial charge in [0, 0.05) is 11.8 Å². The van der Waals surface area contributed by atoms with Crippen molar-refractivity contribution in [3.63, 3.8) is 0 Å². The molecule has 0 unspecified atom stereocenters. The summed E-state index contributed by atoms with van der Waals surface area (Å²) in [5.41, 5.74) is 1.71. The van der Waals surface area contributed by atoms with Gasteiger partial charge < -0.3 is 24.3 Å². The molecule has 2 aromatic rings. The Labute approximate surface area is 200 Å². The predicted molar refractivity (Wildman–Crippen MR) is 130 cm³/mol. The molecule has 0 aliphatic carbocycles. The van der Waals surface area contributed by atoms with Crippen LogP contribution in [-0.4, -0.2) is 56.8 Å². The Morgan fingerprint density at radius 1 is 0.912 bits per heavy atom. The van der Waals surface area contributed by atoms with Gasteiger partial charge in [-0.1, -0.05) is 19.1 Å². The molecule has 182 valence electrons. The molecular weight excluding hydrogens is 436 g/mol. The Morgan fingerprint density at radius 2 is 1.62 bits per heavy atom. The minimum Gasteiger partial charge on any atom is -0.494 e. The second-order valence-electron chi connectivity index (χ2n) is 8.00. The average Bonchev–Trinajstić information content (AvgIpc) is 3.06. The standard InChI is InChI=1S/C26H32N2O6/c1-6-14-34-20-10-7-18(8-11-20)23-24(26(30)28(25(23)29)13-15-33-17(2)3)27-19-9-12-21(31-4)22(16-19)32-5/h7-12,16-17,27H,6,13-15H2,1-5H3. The predicted octanol–water partition coefficient (Wildman–Crippen LogP) is 4.11. The highest BCUT2D eigenvalue weighted by Crippen LogP contribution is 2.34. The van der Waals surface area contributed by atoms with Gasteiger partial charge in [0.15, 0.2) is 11.5 Å². The van der Waals surface area contributed by atoms with Gasteiger partial charge in [0.2, 0.25) is 0 Å². The Bertz CT molecular complexity index is 1050. The number of nitrogens with zero attached hydrogens (tertiary/aromatic N) is 1. The maximum Gasteiger partial charge on any atom is 0.278 e. The summed E-state index contributed by atoms with van der Waals surface area (Å²) in [5, 5.41) is 3.13. The summed E-state index contributed by atoms with van der Waals surface area (Å²) in [6.45, 7) is 6.87. The van der Waals surface area contributed by atoms with Crippen LogP contribution in [0.2, 0.25) is 0 Å². The van der Waals surface area contributed by atoms with Crippen molar-refractivity contribution in [2.24, 2.45) is 0 Å². The van der Waals surface area contributed by atoms with Crippen molar-refractivity contribution in [1.82, 2.24) is 4.90 Å². The molecule has 34 heavy (non-hydrogen) atoms. The number of methoxy groups -OCH3 is 2. The van der Waals surface area contributed by atoms with E-state index in [4.69, 9.17) is 18.9 Å². The highest BCUT2D eigenvalue weighted by Gasteiger charge is 2.39. The Kier molecular flexibility index (Phi) is 8.54. The van der Waals surface area contributed by atoms with E-state index < -0.39 is 5.91 Å². The number of hydrogen-bond donors (Lipinski definition) is 1. The van der Waals surface area contributed by atoms with Crippen molar-refractivity contribution in [3.05, 3.63) is 53.7 Å². The summed E-state index contributed by atoms with van der Waals surface area (Å²) in [7, 11) is 3.09. The Morgan fingerprint density at radius 3 is 2.24 bits per heavy atom. The zero-order valence-electron chi connectivity index (χ0n) is 20.3. The van der Waals surface area contributed by atoms with Crippen LogP contribution in [0.4, 0.5) is 5.69 Å². The summed E-state index contributed by atoms with van der Waals surface area (Å²) >= 11 is 0. The van der Waals surface area contributed by atoms with Crippen molar-refractivity contribution in [2.75, 3.05) is 39.3 Å². The van der Waals surface area contributed by atoms with Gasteiger partial charge in [-0.05, 0) is 50.1 Å². The average molecular weight is 469 g/mol. The summed E-state index contributed by atoms with van der Waals surface area (Å²) in [5.74, 6) is 0.993. The summed E-state index contributed by atoms with van der Waals surface area (Å²) in [4.78, 5) is 27.9. The van der Waals surface area contributed by atoms with Crippen LogP contribution in [0.3, 0.4) is 0 Å². The third kappa shape index (κ3) is 5.69. The van der Waals surface area contributed by atoms with E-state index >= 15 is 0 Å². The van der Waals surface area contributed by atoms with Gasteiger partial charge in [-0.25, -0.2) is 0 Å². The lowest BCUT2D eigenvalue weighted by Crippen LogP contribution is -2.35. The molecule has 0 saturated heterocycles. The molecule has 1 aliphatic rings. The fraction of sp³-hybridized carbons (Fsp3) is 0.385. The molecule has 0 radical (unpaired) electrons. The first kappa shape index (κ1) is 25.1. The zero-order valence-corrected chi connectivity index (χ0v) is 20.3. The minimum atomic E-state index is -0.409. The highest BCUT2D eigenvalue weighted by molar-refractivity contribution is 6.36. The van der Waals surface area contributed by atoms with Crippen molar-refractivity contribution >= 4 is 23.1 Å². The second-order valence-corrected chi connectivity index (χ2v) is 8.00. The molecule has 8 heteroatoms. The van der Waals surface area contributed by atoms with Crippen molar-refractivity contribution in [3.8, 4) is 17.2 Å². The molecule has 3 rings (SSSR count). The molecule has 2 aromatic carbocycles. The summed E-state index contributed by atoms with van der Waals surface area (Å²) < 4.78 is 21.9.